The maximum atomic E-state index is 13.8. The first-order valence-electron chi connectivity index (χ1n) is 4.42. The van der Waals surface area contributed by atoms with Crippen molar-refractivity contribution in [2.75, 3.05) is 7.11 Å². The lowest BCUT2D eigenvalue weighted by molar-refractivity contribution is -0.138. The molecule has 0 bridgehead atoms. The van der Waals surface area contributed by atoms with Crippen LogP contribution < -0.4 is 5.73 Å². The van der Waals surface area contributed by atoms with E-state index in [0.717, 1.165) is 0 Å². The molecule has 0 saturated carbocycles. The maximum absolute atomic E-state index is 13.8. The Hall–Kier alpha value is -0.980. The highest BCUT2D eigenvalue weighted by molar-refractivity contribution is 9.10. The van der Waals surface area contributed by atoms with Gasteiger partial charge in [0.1, 0.15) is 11.9 Å². The number of halogens is 2. The minimum Gasteiger partial charge on any atom is -0.480 e. The van der Waals surface area contributed by atoms with Gasteiger partial charge in [0.2, 0.25) is 0 Å². The minimum atomic E-state index is -1.38. The smallest absolute Gasteiger partial charge is 0.325 e. The average Bonchev–Trinajstić information content (AvgIpc) is 2.22. The third-order valence-electron chi connectivity index (χ3n) is 2.04. The highest BCUT2D eigenvalue weighted by Gasteiger charge is 2.21. The third kappa shape index (κ3) is 2.78. The Bertz CT molecular complexity index is 411. The Morgan fingerprint density at radius 2 is 2.31 bits per heavy atom. The summed E-state index contributed by atoms with van der Waals surface area (Å²) in [5.41, 5.74) is 5.58. The molecule has 16 heavy (non-hydrogen) atoms. The zero-order valence-corrected chi connectivity index (χ0v) is 10.1. The molecular weight excluding hydrogens is 281 g/mol. The summed E-state index contributed by atoms with van der Waals surface area (Å²) in [6.07, 6.45) is 0. The van der Waals surface area contributed by atoms with Gasteiger partial charge in [-0.1, -0.05) is 15.9 Å². The van der Waals surface area contributed by atoms with Crippen molar-refractivity contribution in [2.45, 2.75) is 12.6 Å². The Kier molecular flexibility index (Phi) is 4.40. The van der Waals surface area contributed by atoms with Crippen LogP contribution in [-0.4, -0.2) is 18.2 Å². The van der Waals surface area contributed by atoms with E-state index in [1.807, 2.05) is 0 Å². The van der Waals surface area contributed by atoms with Crippen molar-refractivity contribution >= 4 is 21.9 Å². The Morgan fingerprint density at radius 3 is 2.81 bits per heavy atom. The Balaban J connectivity index is 3.23. The van der Waals surface area contributed by atoms with Crippen molar-refractivity contribution in [2.24, 2.45) is 5.73 Å². The van der Waals surface area contributed by atoms with E-state index in [0.29, 0.717) is 4.47 Å². The zero-order chi connectivity index (χ0) is 12.3. The van der Waals surface area contributed by atoms with Gasteiger partial charge in [-0.15, -0.1) is 0 Å². The molecule has 1 atom stereocenters. The summed E-state index contributed by atoms with van der Waals surface area (Å²) in [7, 11) is 1.43. The number of carboxylic acids is 1. The van der Waals surface area contributed by atoms with Crippen LogP contribution in [0.4, 0.5) is 4.39 Å². The summed E-state index contributed by atoms with van der Waals surface area (Å²) in [5, 5.41) is 8.73. The molecule has 1 aromatic rings. The summed E-state index contributed by atoms with van der Waals surface area (Å²) < 4.78 is 19.2. The van der Waals surface area contributed by atoms with Crippen molar-refractivity contribution < 1.29 is 19.0 Å². The lowest BCUT2D eigenvalue weighted by Gasteiger charge is -2.12. The molecule has 0 fully saturated rings. The maximum Gasteiger partial charge on any atom is 0.325 e. The second kappa shape index (κ2) is 5.38. The molecule has 0 amide bonds. The molecule has 1 unspecified atom stereocenters. The molecule has 88 valence electrons. The predicted molar refractivity (Wildman–Crippen MR) is 59.4 cm³/mol. The van der Waals surface area contributed by atoms with Crippen molar-refractivity contribution in [3.8, 4) is 0 Å². The number of aliphatic carboxylic acids is 1. The number of methoxy groups -OCH3 is 1. The van der Waals surface area contributed by atoms with Crippen LogP contribution in [0.3, 0.4) is 0 Å². The number of ether oxygens (including phenoxy) is 1. The topological polar surface area (TPSA) is 72.5 Å². The van der Waals surface area contributed by atoms with Crippen molar-refractivity contribution in [3.05, 3.63) is 33.5 Å². The molecule has 0 radical (unpaired) electrons. The monoisotopic (exact) mass is 291 g/mol. The van der Waals surface area contributed by atoms with Gasteiger partial charge in [-0.25, -0.2) is 4.39 Å². The van der Waals surface area contributed by atoms with Crippen LogP contribution in [0.5, 0.6) is 0 Å². The fourth-order valence-corrected chi connectivity index (χ4v) is 1.81. The Morgan fingerprint density at radius 1 is 1.69 bits per heavy atom. The second-order valence-electron chi connectivity index (χ2n) is 3.22. The van der Waals surface area contributed by atoms with Crippen LogP contribution in [0.1, 0.15) is 17.2 Å². The van der Waals surface area contributed by atoms with E-state index in [1.165, 1.54) is 19.2 Å². The molecule has 0 heterocycles. The molecule has 3 N–H and O–H groups in total. The minimum absolute atomic E-state index is 0.0601. The number of hydrogen-bond acceptors (Lipinski definition) is 3. The van der Waals surface area contributed by atoms with Crippen molar-refractivity contribution in [1.82, 2.24) is 0 Å². The first kappa shape index (κ1) is 13.1. The molecule has 0 aliphatic heterocycles. The first-order valence-corrected chi connectivity index (χ1v) is 5.21. The van der Waals surface area contributed by atoms with Crippen molar-refractivity contribution in [1.29, 1.82) is 0 Å². The summed E-state index contributed by atoms with van der Waals surface area (Å²) in [4.78, 5) is 10.7. The van der Waals surface area contributed by atoms with E-state index >= 15 is 0 Å². The summed E-state index contributed by atoms with van der Waals surface area (Å²) in [5.74, 6) is -1.92. The molecule has 0 aliphatic carbocycles. The van der Waals surface area contributed by atoms with E-state index < -0.39 is 17.8 Å². The molecule has 0 aliphatic rings. The molecule has 0 spiro atoms. The van der Waals surface area contributed by atoms with E-state index in [1.54, 1.807) is 0 Å². The summed E-state index contributed by atoms with van der Waals surface area (Å²) >= 11 is 3.16. The molecule has 0 saturated heterocycles. The van der Waals surface area contributed by atoms with E-state index in [2.05, 4.69) is 15.9 Å². The second-order valence-corrected chi connectivity index (χ2v) is 4.13. The van der Waals surface area contributed by atoms with E-state index in [-0.39, 0.29) is 17.7 Å². The SMILES string of the molecule is COCc1cc(Br)cc(C(N)C(=O)O)c1F. The molecule has 0 aromatic heterocycles. The van der Waals surface area contributed by atoms with Gasteiger partial charge in [0, 0.05) is 22.7 Å². The van der Waals surface area contributed by atoms with Gasteiger partial charge in [0.15, 0.2) is 0 Å². The number of carboxylic acid groups (broad SMARTS) is 1. The van der Waals surface area contributed by atoms with Crippen LogP contribution >= 0.6 is 15.9 Å². The van der Waals surface area contributed by atoms with Crippen LogP contribution in [-0.2, 0) is 16.1 Å². The Labute approximate surface area is 100 Å². The zero-order valence-electron chi connectivity index (χ0n) is 8.54. The third-order valence-corrected chi connectivity index (χ3v) is 2.50. The lowest BCUT2D eigenvalue weighted by atomic mass is 10.0. The van der Waals surface area contributed by atoms with Gasteiger partial charge in [0.05, 0.1) is 6.61 Å². The first-order chi connectivity index (χ1) is 7.47. The van der Waals surface area contributed by atoms with E-state index in [4.69, 9.17) is 15.6 Å². The van der Waals surface area contributed by atoms with Crippen LogP contribution in [0.15, 0.2) is 16.6 Å². The fraction of sp³-hybridized carbons (Fsp3) is 0.300. The van der Waals surface area contributed by atoms with Crippen molar-refractivity contribution in [3.63, 3.8) is 0 Å². The van der Waals surface area contributed by atoms with Gasteiger partial charge >= 0.3 is 5.97 Å². The van der Waals surface area contributed by atoms with Crippen LogP contribution in [0.25, 0.3) is 0 Å². The molecule has 1 rings (SSSR count). The van der Waals surface area contributed by atoms with Gasteiger partial charge in [-0.3, -0.25) is 4.79 Å². The number of rotatable bonds is 4. The predicted octanol–water partition coefficient (Wildman–Crippen LogP) is 1.82. The summed E-state index contributed by atoms with van der Waals surface area (Å²) in [6, 6.07) is 1.50. The number of carbonyl (C=O) groups is 1. The van der Waals surface area contributed by atoms with Gasteiger partial charge in [-0.05, 0) is 12.1 Å². The van der Waals surface area contributed by atoms with Crippen LogP contribution in [0.2, 0.25) is 0 Å². The van der Waals surface area contributed by atoms with Gasteiger partial charge < -0.3 is 15.6 Å². The highest BCUT2D eigenvalue weighted by atomic mass is 79.9. The standard InChI is InChI=1S/C10H11BrFNO3/c1-16-4-5-2-6(11)3-7(8(5)12)9(13)10(14)15/h2-3,9H,4,13H2,1H3,(H,14,15). The van der Waals surface area contributed by atoms with E-state index in [9.17, 15) is 9.18 Å². The highest BCUT2D eigenvalue weighted by Crippen LogP contribution is 2.24. The molecular formula is C10H11BrFNO3. The normalized spacial score (nSPS) is 12.5. The number of benzene rings is 1. The quantitative estimate of drug-likeness (QED) is 0.888. The number of nitrogens with two attached hydrogens (primary N) is 1. The van der Waals surface area contributed by atoms with Gasteiger partial charge in [0.25, 0.3) is 0 Å². The molecule has 4 nitrogen and oxygen atoms in total. The number of hydrogen-bond donors (Lipinski definition) is 2. The van der Waals surface area contributed by atoms with Gasteiger partial charge in [-0.2, -0.15) is 0 Å². The molecule has 1 aromatic carbocycles. The average molecular weight is 292 g/mol. The lowest BCUT2D eigenvalue weighted by Crippen LogP contribution is -2.22. The largest absolute Gasteiger partial charge is 0.480 e. The fourth-order valence-electron chi connectivity index (χ4n) is 1.29. The van der Waals surface area contributed by atoms with Crippen LogP contribution in [0, 0.1) is 5.82 Å². The molecule has 6 heteroatoms. The summed E-state index contributed by atoms with van der Waals surface area (Å²) in [6.45, 7) is 0.0601.